The lowest BCUT2D eigenvalue weighted by atomic mass is 9.90. The van der Waals surface area contributed by atoms with Gasteiger partial charge in [-0.25, -0.2) is 4.98 Å². The Morgan fingerprint density at radius 3 is 2.52 bits per heavy atom. The number of hydrogen-bond donors (Lipinski definition) is 1. The molecule has 4 aliphatic rings. The lowest BCUT2D eigenvalue weighted by Gasteiger charge is -2.38. The molecule has 222 valence electrons. The van der Waals surface area contributed by atoms with Gasteiger partial charge in [-0.05, 0) is 50.5 Å². The van der Waals surface area contributed by atoms with E-state index in [4.69, 9.17) is 9.47 Å². The number of aromatic nitrogens is 1. The van der Waals surface area contributed by atoms with Crippen LogP contribution in [0.1, 0.15) is 70.8 Å². The average Bonchev–Trinajstić information content (AvgIpc) is 3.32. The Hall–Kier alpha value is -2.72. The second kappa shape index (κ2) is 13.3. The Kier molecular flexibility index (Phi) is 10.1. The number of carbonyl (C=O) groups excluding carboxylic acids is 3. The van der Waals surface area contributed by atoms with Crippen LogP contribution in [0.5, 0.6) is 5.88 Å². The van der Waals surface area contributed by atoms with Crippen molar-refractivity contribution in [3.8, 4) is 5.88 Å². The molecule has 2 fully saturated rings. The molecule has 6 bridgehead atoms. The number of fused-ring (bicyclic) bond motifs is 10. The lowest BCUT2D eigenvalue weighted by Crippen LogP contribution is -2.51. The Morgan fingerprint density at radius 1 is 1.07 bits per heavy atom. The number of ether oxygens (including phenoxy) is 2. The van der Waals surface area contributed by atoms with Gasteiger partial charge in [0.1, 0.15) is 12.3 Å². The van der Waals surface area contributed by atoms with Crippen molar-refractivity contribution in [2.45, 2.75) is 78.4 Å². The number of hydrogen-bond acceptors (Lipinski definition) is 7. The number of amides is 3. The molecule has 0 unspecified atom stereocenters. The zero-order valence-electron chi connectivity index (χ0n) is 24.9. The second-order valence-corrected chi connectivity index (χ2v) is 12.9. The van der Waals surface area contributed by atoms with E-state index in [1.807, 2.05) is 9.80 Å². The van der Waals surface area contributed by atoms with Crippen molar-refractivity contribution < 1.29 is 23.9 Å². The maximum atomic E-state index is 13.7. The van der Waals surface area contributed by atoms with Gasteiger partial charge in [-0.3, -0.25) is 19.3 Å². The molecule has 0 aliphatic carbocycles. The van der Waals surface area contributed by atoms with Gasteiger partial charge in [0.15, 0.2) is 0 Å². The van der Waals surface area contributed by atoms with Crippen LogP contribution in [0, 0.1) is 11.3 Å². The van der Waals surface area contributed by atoms with Crippen molar-refractivity contribution in [3.63, 3.8) is 0 Å². The lowest BCUT2D eigenvalue weighted by molar-refractivity contribution is -0.139. The molecule has 1 aromatic rings. The van der Waals surface area contributed by atoms with Crippen molar-refractivity contribution in [2.75, 3.05) is 52.5 Å². The highest BCUT2D eigenvalue weighted by molar-refractivity contribution is 5.92. The molecule has 2 atom stereocenters. The summed E-state index contributed by atoms with van der Waals surface area (Å²) < 4.78 is 11.5. The minimum atomic E-state index is -0.268. The van der Waals surface area contributed by atoms with Gasteiger partial charge in [-0.1, -0.05) is 26.8 Å². The molecular formula is C30H47N5O5. The van der Waals surface area contributed by atoms with Gasteiger partial charge in [0.2, 0.25) is 17.7 Å². The molecule has 10 heteroatoms. The molecule has 5 heterocycles. The van der Waals surface area contributed by atoms with Crippen LogP contribution >= 0.6 is 0 Å². The minimum absolute atomic E-state index is 0.0945. The summed E-state index contributed by atoms with van der Waals surface area (Å²) in [6.45, 7) is 14.7. The van der Waals surface area contributed by atoms with Crippen molar-refractivity contribution in [1.82, 2.24) is 25.0 Å². The minimum Gasteiger partial charge on any atom is -0.475 e. The maximum absolute atomic E-state index is 13.7. The maximum Gasteiger partial charge on any atom is 0.270 e. The molecule has 10 nitrogen and oxygen atoms in total. The molecule has 0 radical (unpaired) electrons. The summed E-state index contributed by atoms with van der Waals surface area (Å²) in [7, 11) is 0. The number of nitrogens with zero attached hydrogens (tertiary/aromatic N) is 4. The zero-order chi connectivity index (χ0) is 28.9. The number of piperidine rings is 1. The van der Waals surface area contributed by atoms with Gasteiger partial charge in [-0.15, -0.1) is 0 Å². The summed E-state index contributed by atoms with van der Waals surface area (Å²) in [6, 6.07) is 4.90. The highest BCUT2D eigenvalue weighted by Crippen LogP contribution is 2.27. The molecule has 2 saturated heterocycles. The van der Waals surface area contributed by atoms with Crippen molar-refractivity contribution in [2.24, 2.45) is 11.3 Å². The topological polar surface area (TPSA) is 104 Å². The first-order valence-corrected chi connectivity index (χ1v) is 14.8. The van der Waals surface area contributed by atoms with E-state index < -0.39 is 0 Å². The molecule has 0 aromatic carbocycles. The highest BCUT2D eigenvalue weighted by atomic mass is 16.5. The number of nitrogens with one attached hydrogen (secondary N) is 1. The van der Waals surface area contributed by atoms with Crippen LogP contribution in [-0.4, -0.2) is 108 Å². The average molecular weight is 558 g/mol. The Balaban J connectivity index is 1.51. The van der Waals surface area contributed by atoms with Gasteiger partial charge in [-0.2, -0.15) is 0 Å². The van der Waals surface area contributed by atoms with Crippen molar-refractivity contribution in [3.05, 3.63) is 23.9 Å². The Bertz CT molecular complexity index is 1030. The van der Waals surface area contributed by atoms with Crippen LogP contribution in [0.15, 0.2) is 18.2 Å². The van der Waals surface area contributed by atoms with Gasteiger partial charge >= 0.3 is 0 Å². The van der Waals surface area contributed by atoms with Crippen LogP contribution in [0.2, 0.25) is 0 Å². The fourth-order valence-electron chi connectivity index (χ4n) is 5.88. The summed E-state index contributed by atoms with van der Waals surface area (Å²) in [5.74, 6) is 0.719. The molecule has 1 aromatic heterocycles. The first-order valence-electron chi connectivity index (χ1n) is 14.8. The Morgan fingerprint density at radius 2 is 1.82 bits per heavy atom. The van der Waals surface area contributed by atoms with Crippen LogP contribution in [0.4, 0.5) is 0 Å². The van der Waals surface area contributed by atoms with E-state index in [9.17, 15) is 14.4 Å². The molecule has 0 saturated carbocycles. The van der Waals surface area contributed by atoms with Crippen LogP contribution in [-0.2, 0) is 14.3 Å². The number of likely N-dealkylation sites (tertiary alicyclic amines) is 1. The highest BCUT2D eigenvalue weighted by Gasteiger charge is 2.41. The summed E-state index contributed by atoms with van der Waals surface area (Å²) >= 11 is 0. The standard InChI is InChI=1S/C30H47N5O5/c1-21(2)35-20-23-17-25(35)29(38)33-11-9-22(10-12-33)19-34(27(36)18-30(3,4)5)13-14-39-15-16-40-26-8-6-7-24(32-26)28(37)31-23/h6-8,21-23,25H,9-20H2,1-5H3,(H,31,37)/t23-,25+/m1/s1. The molecule has 1 N–H and O–H groups in total. The van der Waals surface area contributed by atoms with E-state index >= 15 is 0 Å². The van der Waals surface area contributed by atoms with Crippen LogP contribution < -0.4 is 10.1 Å². The van der Waals surface area contributed by atoms with Crippen molar-refractivity contribution in [1.29, 1.82) is 0 Å². The van der Waals surface area contributed by atoms with Crippen LogP contribution in [0.3, 0.4) is 0 Å². The van der Waals surface area contributed by atoms with E-state index in [0.717, 1.165) is 12.8 Å². The SMILES string of the molecule is CC(C)N1C[C@H]2C[C@H]1C(=O)N1CCC(CC1)CN(C(=O)CC(C)(C)C)CCOCCOc1cccc(n1)C(=O)N2. The second-order valence-electron chi connectivity index (χ2n) is 12.9. The van der Waals surface area contributed by atoms with E-state index in [0.29, 0.717) is 77.2 Å². The van der Waals surface area contributed by atoms with E-state index in [1.165, 1.54) is 0 Å². The van der Waals surface area contributed by atoms with Gasteiger partial charge in [0.25, 0.3) is 5.91 Å². The number of carbonyl (C=O) groups is 3. The summed E-state index contributed by atoms with van der Waals surface area (Å²) in [5.41, 5.74) is 0.188. The molecular weight excluding hydrogens is 510 g/mol. The van der Waals surface area contributed by atoms with Gasteiger partial charge < -0.3 is 24.6 Å². The predicted molar refractivity (Wildman–Crippen MR) is 152 cm³/mol. The van der Waals surface area contributed by atoms with Gasteiger partial charge in [0, 0.05) is 57.3 Å². The quantitative estimate of drug-likeness (QED) is 0.558. The first-order chi connectivity index (χ1) is 19.0. The Labute approximate surface area is 238 Å². The van der Waals surface area contributed by atoms with E-state index in [1.54, 1.807) is 18.2 Å². The third-order valence-corrected chi connectivity index (χ3v) is 8.00. The fourth-order valence-corrected chi connectivity index (χ4v) is 5.88. The van der Waals surface area contributed by atoms with Gasteiger partial charge in [0.05, 0.1) is 19.3 Å². The monoisotopic (exact) mass is 557 g/mol. The fraction of sp³-hybridized carbons (Fsp3) is 0.733. The summed E-state index contributed by atoms with van der Waals surface area (Å²) in [6.07, 6.45) is 2.80. The van der Waals surface area contributed by atoms with E-state index in [2.05, 4.69) is 49.8 Å². The third kappa shape index (κ3) is 8.16. The normalized spacial score (nSPS) is 25.9. The molecule has 0 spiro atoms. The zero-order valence-corrected chi connectivity index (χ0v) is 24.9. The molecule has 3 amide bonds. The summed E-state index contributed by atoms with van der Waals surface area (Å²) in [5, 5.41) is 3.10. The van der Waals surface area contributed by atoms with Crippen molar-refractivity contribution >= 4 is 17.7 Å². The molecule has 4 aliphatic heterocycles. The smallest absolute Gasteiger partial charge is 0.270 e. The summed E-state index contributed by atoms with van der Waals surface area (Å²) in [4.78, 5) is 50.5. The van der Waals surface area contributed by atoms with Crippen LogP contribution in [0.25, 0.3) is 0 Å². The van der Waals surface area contributed by atoms with E-state index in [-0.39, 0.29) is 47.0 Å². The molecule has 40 heavy (non-hydrogen) atoms. The number of pyridine rings is 1. The molecule has 5 rings (SSSR count). The first kappa shape index (κ1) is 30.2. The largest absolute Gasteiger partial charge is 0.475 e. The predicted octanol–water partition coefficient (Wildman–Crippen LogP) is 2.58. The number of rotatable bonds is 2. The third-order valence-electron chi connectivity index (χ3n) is 8.00.